The number of carbonyl (C=O) groups is 2. The predicted octanol–water partition coefficient (Wildman–Crippen LogP) is 3.90. The maximum atomic E-state index is 14.3. The molecule has 0 saturated carbocycles. The van der Waals surface area contributed by atoms with Crippen molar-refractivity contribution < 1.29 is 37.0 Å². The Morgan fingerprint density at radius 2 is 1.43 bits per heavy atom. The number of carbonyl (C=O) groups excluding carboxylic acids is 2. The second-order valence-electron chi connectivity index (χ2n) is 10.2. The van der Waals surface area contributed by atoms with Crippen LogP contribution in [0, 0.1) is 0 Å². The summed E-state index contributed by atoms with van der Waals surface area (Å²) in [6.07, 6.45) is 0.455. The van der Waals surface area contributed by atoms with Gasteiger partial charge in [0.25, 0.3) is 10.0 Å². The van der Waals surface area contributed by atoms with Gasteiger partial charge in [0.2, 0.25) is 11.8 Å². The zero-order valence-corrected chi connectivity index (χ0v) is 27.0. The van der Waals surface area contributed by atoms with Crippen molar-refractivity contribution in [3.63, 3.8) is 0 Å². The van der Waals surface area contributed by atoms with E-state index in [2.05, 4.69) is 5.32 Å². The number of anilines is 1. The molecule has 0 aromatic heterocycles. The molecule has 0 aliphatic rings. The van der Waals surface area contributed by atoms with Crippen LogP contribution in [0.15, 0.2) is 71.6 Å². The Morgan fingerprint density at radius 1 is 0.795 bits per heavy atom. The molecule has 0 unspecified atom stereocenters. The van der Waals surface area contributed by atoms with Gasteiger partial charge in [0.05, 0.1) is 39.0 Å². The topological polar surface area (TPSA) is 124 Å². The zero-order valence-electron chi connectivity index (χ0n) is 26.2. The van der Waals surface area contributed by atoms with Crippen LogP contribution in [0.3, 0.4) is 0 Å². The third-order valence-corrected chi connectivity index (χ3v) is 8.71. The van der Waals surface area contributed by atoms with Gasteiger partial charge in [-0.25, -0.2) is 8.42 Å². The molecular formula is C32H41N3O8S. The fourth-order valence-electron chi connectivity index (χ4n) is 4.58. The number of methoxy groups -OCH3 is 4. The molecule has 0 radical (unpaired) electrons. The molecule has 0 heterocycles. The summed E-state index contributed by atoms with van der Waals surface area (Å²) in [5, 5.41) is 2.85. The molecule has 1 N–H and O–H groups in total. The average molecular weight is 628 g/mol. The molecule has 11 nitrogen and oxygen atoms in total. The fourth-order valence-corrected chi connectivity index (χ4v) is 6.02. The van der Waals surface area contributed by atoms with Gasteiger partial charge in [0.15, 0.2) is 11.5 Å². The van der Waals surface area contributed by atoms with Gasteiger partial charge in [-0.05, 0) is 57.0 Å². The zero-order chi connectivity index (χ0) is 32.4. The SMILES string of the molecule is COc1ccc(OC)c(N(CC(=O)N(CCc2ccccc2)[C@H](C)C(=O)NC(C)C)S(=O)(=O)c2ccc(OC)c(OC)c2)c1. The quantitative estimate of drug-likeness (QED) is 0.269. The molecule has 238 valence electrons. The standard InChI is InChI=1S/C32H41N3O8S/c1-22(2)33-32(37)23(3)34(18-17-24-11-9-8-10-12-24)31(36)21-35(27-19-25(40-4)13-15-28(27)41-5)44(38,39)26-14-16-29(42-6)30(20-26)43-7/h8-16,19-20,22-23H,17-18,21H2,1-7H3,(H,33,37)/t23-/m1/s1. The molecule has 12 heteroatoms. The van der Waals surface area contributed by atoms with Crippen molar-refractivity contribution in [3.8, 4) is 23.0 Å². The molecule has 1 atom stereocenters. The molecule has 2 amide bonds. The highest BCUT2D eigenvalue weighted by Gasteiger charge is 2.34. The van der Waals surface area contributed by atoms with Crippen LogP contribution in [0.25, 0.3) is 0 Å². The van der Waals surface area contributed by atoms with Crippen molar-refractivity contribution in [1.82, 2.24) is 10.2 Å². The van der Waals surface area contributed by atoms with Gasteiger partial charge < -0.3 is 29.2 Å². The minimum atomic E-state index is -4.42. The van der Waals surface area contributed by atoms with Crippen molar-refractivity contribution in [2.45, 2.75) is 44.2 Å². The monoisotopic (exact) mass is 627 g/mol. The number of rotatable bonds is 15. The summed E-state index contributed by atoms with van der Waals surface area (Å²) in [6, 6.07) is 17.3. The highest BCUT2D eigenvalue weighted by atomic mass is 32.2. The maximum absolute atomic E-state index is 14.3. The van der Waals surface area contributed by atoms with Gasteiger partial charge in [0, 0.05) is 24.7 Å². The lowest BCUT2D eigenvalue weighted by atomic mass is 10.1. The minimum Gasteiger partial charge on any atom is -0.497 e. The average Bonchev–Trinajstić information content (AvgIpc) is 3.02. The summed E-state index contributed by atoms with van der Waals surface area (Å²) >= 11 is 0. The normalized spacial score (nSPS) is 11.8. The third-order valence-electron chi connectivity index (χ3n) is 6.96. The van der Waals surface area contributed by atoms with Crippen molar-refractivity contribution >= 4 is 27.5 Å². The van der Waals surface area contributed by atoms with E-state index in [9.17, 15) is 18.0 Å². The number of sulfonamides is 1. The van der Waals surface area contributed by atoms with Gasteiger partial charge in [-0.2, -0.15) is 0 Å². The summed E-state index contributed by atoms with van der Waals surface area (Å²) < 4.78 is 51.2. The third kappa shape index (κ3) is 8.13. The van der Waals surface area contributed by atoms with E-state index in [4.69, 9.17) is 18.9 Å². The van der Waals surface area contributed by atoms with Crippen molar-refractivity contribution in [2.75, 3.05) is 45.8 Å². The smallest absolute Gasteiger partial charge is 0.265 e. The number of benzene rings is 3. The van der Waals surface area contributed by atoms with Crippen molar-refractivity contribution in [3.05, 3.63) is 72.3 Å². The van der Waals surface area contributed by atoms with E-state index in [-0.39, 0.29) is 40.6 Å². The highest BCUT2D eigenvalue weighted by Crippen LogP contribution is 2.37. The Morgan fingerprint density at radius 3 is 2.02 bits per heavy atom. The molecule has 0 bridgehead atoms. The van der Waals surface area contributed by atoms with E-state index >= 15 is 0 Å². The van der Waals surface area contributed by atoms with Crippen LogP contribution in [-0.4, -0.2) is 78.7 Å². The molecule has 0 saturated heterocycles. The predicted molar refractivity (Wildman–Crippen MR) is 168 cm³/mol. The molecule has 0 aliphatic carbocycles. The molecule has 0 spiro atoms. The first-order valence-corrected chi connectivity index (χ1v) is 15.5. The van der Waals surface area contributed by atoms with Crippen LogP contribution in [0.4, 0.5) is 5.69 Å². The summed E-state index contributed by atoms with van der Waals surface area (Å²) in [5.74, 6) is 0.150. The Hall–Kier alpha value is -4.45. The van der Waals surface area contributed by atoms with E-state index < -0.39 is 28.5 Å². The summed E-state index contributed by atoms with van der Waals surface area (Å²) in [7, 11) is 1.28. The fraction of sp³-hybridized carbons (Fsp3) is 0.375. The van der Waals surface area contributed by atoms with Crippen molar-refractivity contribution in [1.29, 1.82) is 0 Å². The number of amides is 2. The van der Waals surface area contributed by atoms with E-state index in [1.54, 1.807) is 19.1 Å². The summed E-state index contributed by atoms with van der Waals surface area (Å²) in [6.45, 7) is 4.82. The minimum absolute atomic E-state index is 0.0808. The molecule has 0 fully saturated rings. The Kier molecular flexibility index (Phi) is 11.9. The summed E-state index contributed by atoms with van der Waals surface area (Å²) in [5.41, 5.74) is 1.04. The van der Waals surface area contributed by atoms with Gasteiger partial charge in [0.1, 0.15) is 24.1 Å². The molecule has 3 aromatic carbocycles. The molecule has 3 rings (SSSR count). The lowest BCUT2D eigenvalue weighted by Crippen LogP contribution is -2.53. The van der Waals surface area contributed by atoms with Crippen LogP contribution in [0.5, 0.6) is 23.0 Å². The van der Waals surface area contributed by atoms with Crippen LogP contribution >= 0.6 is 0 Å². The van der Waals surface area contributed by atoms with Crippen molar-refractivity contribution in [2.24, 2.45) is 0 Å². The van der Waals surface area contributed by atoms with Crippen LogP contribution < -0.4 is 28.6 Å². The Balaban J connectivity index is 2.12. The van der Waals surface area contributed by atoms with E-state index in [0.29, 0.717) is 17.9 Å². The van der Waals surface area contributed by atoms with E-state index in [0.717, 1.165) is 9.87 Å². The van der Waals surface area contributed by atoms with Crippen LogP contribution in [0.2, 0.25) is 0 Å². The lowest BCUT2D eigenvalue weighted by molar-refractivity contribution is -0.139. The molecule has 44 heavy (non-hydrogen) atoms. The maximum Gasteiger partial charge on any atom is 0.265 e. The molecule has 3 aromatic rings. The number of nitrogens with zero attached hydrogens (tertiary/aromatic N) is 2. The number of ether oxygens (including phenoxy) is 4. The van der Waals surface area contributed by atoms with Gasteiger partial charge in [-0.15, -0.1) is 0 Å². The van der Waals surface area contributed by atoms with E-state index in [1.165, 1.54) is 57.6 Å². The largest absolute Gasteiger partial charge is 0.497 e. The second-order valence-corrected chi connectivity index (χ2v) is 12.1. The van der Waals surface area contributed by atoms with Crippen LogP contribution in [0.1, 0.15) is 26.3 Å². The first-order chi connectivity index (χ1) is 21.0. The van der Waals surface area contributed by atoms with Crippen LogP contribution in [-0.2, 0) is 26.0 Å². The van der Waals surface area contributed by atoms with Gasteiger partial charge in [-0.3, -0.25) is 13.9 Å². The first kappa shape index (κ1) is 34.0. The number of hydrogen-bond donors (Lipinski definition) is 1. The van der Waals surface area contributed by atoms with E-state index in [1.807, 2.05) is 44.2 Å². The Labute approximate surface area is 259 Å². The number of nitrogens with one attached hydrogen (secondary N) is 1. The number of hydrogen-bond acceptors (Lipinski definition) is 8. The highest BCUT2D eigenvalue weighted by molar-refractivity contribution is 7.92. The summed E-state index contributed by atoms with van der Waals surface area (Å²) in [4.78, 5) is 28.5. The second kappa shape index (κ2) is 15.3. The first-order valence-electron chi connectivity index (χ1n) is 14.1. The van der Waals surface area contributed by atoms with Gasteiger partial charge in [-0.1, -0.05) is 30.3 Å². The Bertz CT molecular complexity index is 1530. The lowest BCUT2D eigenvalue weighted by Gasteiger charge is -2.32. The molecule has 0 aliphatic heterocycles. The molecular weight excluding hydrogens is 586 g/mol. The van der Waals surface area contributed by atoms with Gasteiger partial charge >= 0.3 is 0 Å².